The van der Waals surface area contributed by atoms with Crippen LogP contribution in [0.2, 0.25) is 12.1 Å². The molecule has 0 aliphatic carbocycles. The molecule has 0 N–H and O–H groups in total. The van der Waals surface area contributed by atoms with Crippen molar-refractivity contribution in [1.29, 1.82) is 0 Å². The topological polar surface area (TPSA) is 73.8 Å². The van der Waals surface area contributed by atoms with Gasteiger partial charge in [0.2, 0.25) is 0 Å². The molecule has 0 aromatic heterocycles. The minimum Gasteiger partial charge on any atom is -0.403 e. The molecule has 52 heavy (non-hydrogen) atoms. The molecule has 10 heteroatoms. The molecule has 0 amide bonds. The fraction of sp³-hybridized carbons (Fsp3) is 0.571. The molecule has 8 nitrogen and oxygen atoms in total. The standard InChI is InChI=1S/C42H58B2O8/c1-39(2)40(3,4)50-43(49-39)26-18-25-34-36(44-51-41(5,6)42(7,8)52-44)38(47-29-33-23-16-11-17-24-33)37(46-28-32-21-14-10-15-22-32)35(48-34)30-45-27-31-19-12-9-13-20-31/h9-17,19-24,34-38H,18,25-30H2,1-8H3/t34-,35-,36+,37-,38-/m1/s1. The average Bonchev–Trinajstić information content (AvgIpc) is 3.46. The van der Waals surface area contributed by atoms with E-state index in [1.54, 1.807) is 0 Å². The maximum atomic E-state index is 7.14. The highest BCUT2D eigenvalue weighted by Crippen LogP contribution is 2.47. The third kappa shape index (κ3) is 9.22. The summed E-state index contributed by atoms with van der Waals surface area (Å²) in [6, 6.07) is 30.7. The van der Waals surface area contributed by atoms with Gasteiger partial charge in [0.15, 0.2) is 0 Å². The van der Waals surface area contributed by atoms with E-state index in [4.69, 9.17) is 37.6 Å². The largest absolute Gasteiger partial charge is 0.466 e. The quantitative estimate of drug-likeness (QED) is 0.145. The molecular formula is C42H58B2O8. The van der Waals surface area contributed by atoms with Crippen molar-refractivity contribution >= 4 is 14.2 Å². The van der Waals surface area contributed by atoms with Crippen LogP contribution < -0.4 is 0 Å². The summed E-state index contributed by atoms with van der Waals surface area (Å²) in [5.41, 5.74) is 1.42. The lowest BCUT2D eigenvalue weighted by atomic mass is 9.61. The van der Waals surface area contributed by atoms with Crippen molar-refractivity contribution in [3.8, 4) is 0 Å². The average molecular weight is 713 g/mol. The maximum Gasteiger partial charge on any atom is 0.466 e. The SMILES string of the molecule is CC1(C)OB(CCC[C@H]2O[C@H](COCc3ccccc3)[C@@H](OCc3ccccc3)[C@H](OCc3ccccc3)[C@H]2B2OC(C)(C)C(C)(C)O2)OC1(C)C. The summed E-state index contributed by atoms with van der Waals surface area (Å²) in [5.74, 6) is -0.297. The van der Waals surface area contributed by atoms with Crippen LogP contribution in [0, 0.1) is 0 Å². The van der Waals surface area contributed by atoms with Gasteiger partial charge < -0.3 is 37.6 Å². The third-order valence-corrected chi connectivity index (χ3v) is 11.6. The molecular weight excluding hydrogens is 654 g/mol. The second-order valence-corrected chi connectivity index (χ2v) is 16.6. The van der Waals surface area contributed by atoms with Gasteiger partial charge >= 0.3 is 14.2 Å². The van der Waals surface area contributed by atoms with E-state index in [-0.39, 0.29) is 30.2 Å². The first-order chi connectivity index (χ1) is 24.7. The van der Waals surface area contributed by atoms with Crippen molar-refractivity contribution in [2.45, 2.75) is 147 Å². The van der Waals surface area contributed by atoms with Crippen molar-refractivity contribution in [1.82, 2.24) is 0 Å². The molecule has 0 unspecified atom stereocenters. The zero-order valence-corrected chi connectivity index (χ0v) is 32.4. The minimum absolute atomic E-state index is 0.278. The molecule has 0 spiro atoms. The number of rotatable bonds is 15. The van der Waals surface area contributed by atoms with Gasteiger partial charge in [0.1, 0.15) is 12.2 Å². The lowest BCUT2D eigenvalue weighted by Gasteiger charge is -2.47. The molecule has 0 radical (unpaired) electrons. The van der Waals surface area contributed by atoms with Gasteiger partial charge in [-0.05, 0) is 84.8 Å². The lowest BCUT2D eigenvalue weighted by Crippen LogP contribution is -2.59. The van der Waals surface area contributed by atoms with Gasteiger partial charge in [-0.15, -0.1) is 0 Å². The van der Waals surface area contributed by atoms with Crippen molar-refractivity contribution in [3.05, 3.63) is 108 Å². The Morgan fingerprint density at radius 1 is 0.538 bits per heavy atom. The van der Waals surface area contributed by atoms with Gasteiger partial charge in [0, 0.05) is 5.82 Å². The second-order valence-electron chi connectivity index (χ2n) is 16.6. The van der Waals surface area contributed by atoms with E-state index in [0.29, 0.717) is 26.4 Å². The fourth-order valence-electron chi connectivity index (χ4n) is 7.18. The summed E-state index contributed by atoms with van der Waals surface area (Å²) < 4.78 is 53.8. The molecule has 280 valence electrons. The summed E-state index contributed by atoms with van der Waals surface area (Å²) >= 11 is 0. The zero-order chi connectivity index (χ0) is 37.0. The molecule has 0 bridgehead atoms. The number of benzene rings is 3. The summed E-state index contributed by atoms with van der Waals surface area (Å²) in [5, 5.41) is 0. The Kier molecular flexibility index (Phi) is 12.4. The minimum atomic E-state index is -0.582. The Morgan fingerprint density at radius 3 is 1.48 bits per heavy atom. The van der Waals surface area contributed by atoms with Crippen LogP contribution in [-0.2, 0) is 57.4 Å². The summed E-state index contributed by atoms with van der Waals surface area (Å²) in [7, 11) is -0.873. The van der Waals surface area contributed by atoms with E-state index in [2.05, 4.69) is 91.8 Å². The van der Waals surface area contributed by atoms with Gasteiger partial charge in [0.25, 0.3) is 0 Å². The molecule has 3 aliphatic rings. The molecule has 3 aromatic carbocycles. The van der Waals surface area contributed by atoms with Gasteiger partial charge in [-0.2, -0.15) is 0 Å². The van der Waals surface area contributed by atoms with Crippen LogP contribution in [0.25, 0.3) is 0 Å². The monoisotopic (exact) mass is 712 g/mol. The van der Waals surface area contributed by atoms with Gasteiger partial charge in [0.05, 0.1) is 61.0 Å². The number of ether oxygens (including phenoxy) is 4. The normalized spacial score (nSPS) is 27.6. The highest BCUT2D eigenvalue weighted by Gasteiger charge is 2.61. The highest BCUT2D eigenvalue weighted by molar-refractivity contribution is 6.48. The molecule has 3 aliphatic heterocycles. The first kappa shape index (κ1) is 39.2. The maximum absolute atomic E-state index is 7.14. The van der Waals surface area contributed by atoms with E-state index in [1.165, 1.54) is 0 Å². The second kappa shape index (κ2) is 16.5. The zero-order valence-electron chi connectivity index (χ0n) is 32.4. The molecule has 3 aromatic rings. The third-order valence-electron chi connectivity index (χ3n) is 11.6. The fourth-order valence-corrected chi connectivity index (χ4v) is 7.18. The van der Waals surface area contributed by atoms with E-state index < -0.39 is 36.6 Å². The van der Waals surface area contributed by atoms with Gasteiger partial charge in [-0.3, -0.25) is 0 Å². The first-order valence-electron chi connectivity index (χ1n) is 19.0. The van der Waals surface area contributed by atoms with E-state index in [0.717, 1.165) is 35.9 Å². The predicted octanol–water partition coefficient (Wildman–Crippen LogP) is 8.48. The smallest absolute Gasteiger partial charge is 0.403 e. The van der Waals surface area contributed by atoms with Crippen molar-refractivity contribution in [2.75, 3.05) is 6.61 Å². The number of hydrogen-bond acceptors (Lipinski definition) is 8. The summed E-state index contributed by atoms with van der Waals surface area (Å²) in [4.78, 5) is 0. The van der Waals surface area contributed by atoms with E-state index >= 15 is 0 Å². The Labute approximate surface area is 312 Å². The van der Waals surface area contributed by atoms with E-state index in [9.17, 15) is 0 Å². The highest BCUT2D eigenvalue weighted by atomic mass is 16.7. The Balaban J connectivity index is 1.31. The van der Waals surface area contributed by atoms with Crippen molar-refractivity contribution in [3.63, 3.8) is 0 Å². The molecule has 3 saturated heterocycles. The molecule has 5 atom stereocenters. The molecule has 3 heterocycles. The Hall–Kier alpha value is -2.53. The van der Waals surface area contributed by atoms with Crippen LogP contribution in [-0.4, -0.2) is 67.7 Å². The molecule has 3 fully saturated rings. The van der Waals surface area contributed by atoms with Crippen LogP contribution in [0.5, 0.6) is 0 Å². The van der Waals surface area contributed by atoms with Crippen LogP contribution in [0.3, 0.4) is 0 Å². The van der Waals surface area contributed by atoms with Crippen molar-refractivity contribution in [2.24, 2.45) is 0 Å². The summed E-state index contributed by atoms with van der Waals surface area (Å²) in [6.07, 6.45) is 0.693. The Bertz CT molecular complexity index is 1510. The first-order valence-corrected chi connectivity index (χ1v) is 19.0. The van der Waals surface area contributed by atoms with E-state index in [1.807, 2.05) is 54.6 Å². The number of hydrogen-bond donors (Lipinski definition) is 0. The Morgan fingerprint density at radius 2 is 0.981 bits per heavy atom. The molecule has 6 rings (SSSR count). The van der Waals surface area contributed by atoms with Crippen LogP contribution in [0.15, 0.2) is 91.0 Å². The lowest BCUT2D eigenvalue weighted by molar-refractivity contribution is -0.223. The van der Waals surface area contributed by atoms with Gasteiger partial charge in [-0.1, -0.05) is 97.4 Å². The van der Waals surface area contributed by atoms with Crippen LogP contribution >= 0.6 is 0 Å². The predicted molar refractivity (Wildman–Crippen MR) is 205 cm³/mol. The van der Waals surface area contributed by atoms with Crippen LogP contribution in [0.4, 0.5) is 0 Å². The van der Waals surface area contributed by atoms with Crippen molar-refractivity contribution < 1.29 is 37.6 Å². The molecule has 0 saturated carbocycles. The summed E-state index contributed by atoms with van der Waals surface area (Å²) in [6.45, 7) is 18.3. The van der Waals surface area contributed by atoms with Crippen LogP contribution in [0.1, 0.15) is 84.9 Å². The van der Waals surface area contributed by atoms with Gasteiger partial charge in [-0.25, -0.2) is 0 Å².